The highest BCUT2D eigenvalue weighted by atomic mass is 16.4. The Morgan fingerprint density at radius 1 is 1.15 bits per heavy atom. The van der Waals surface area contributed by atoms with Crippen molar-refractivity contribution in [3.8, 4) is 0 Å². The highest BCUT2D eigenvalue weighted by Gasteiger charge is 2.44. The maximum atomic E-state index is 12.8. The van der Waals surface area contributed by atoms with E-state index in [1.165, 1.54) is 0 Å². The van der Waals surface area contributed by atoms with Gasteiger partial charge in [-0.3, -0.25) is 9.59 Å². The largest absolute Gasteiger partial charge is 0.481 e. The molecular formula is C15H26N2O3. The number of piperidine rings is 1. The Kier molecular flexibility index (Phi) is 4.68. The summed E-state index contributed by atoms with van der Waals surface area (Å²) in [6.07, 6.45) is 6.17. The van der Waals surface area contributed by atoms with Gasteiger partial charge < -0.3 is 15.7 Å². The number of nitrogens with one attached hydrogen (secondary N) is 2. The van der Waals surface area contributed by atoms with Crippen LogP contribution in [0.25, 0.3) is 0 Å². The fraction of sp³-hybridized carbons (Fsp3) is 0.867. The molecule has 2 rings (SSSR count). The molecule has 1 heterocycles. The number of carboxylic acid groups (broad SMARTS) is 1. The zero-order valence-corrected chi connectivity index (χ0v) is 12.3. The van der Waals surface area contributed by atoms with Crippen LogP contribution in [-0.2, 0) is 9.59 Å². The van der Waals surface area contributed by atoms with Crippen LogP contribution in [-0.4, -0.2) is 35.6 Å². The van der Waals surface area contributed by atoms with E-state index in [1.807, 2.05) is 0 Å². The SMILES string of the molecule is CCC1(C(=O)NC2(CC(=O)O)CCCC2)CCNCC1. The minimum atomic E-state index is -0.817. The average molecular weight is 282 g/mol. The Bertz CT molecular complexity index is 369. The van der Waals surface area contributed by atoms with Gasteiger partial charge in [-0.1, -0.05) is 19.8 Å². The van der Waals surface area contributed by atoms with Crippen molar-refractivity contribution in [3.63, 3.8) is 0 Å². The number of carbonyl (C=O) groups excluding carboxylic acids is 1. The molecule has 2 fully saturated rings. The van der Waals surface area contributed by atoms with Crippen LogP contribution in [0.1, 0.15) is 58.3 Å². The molecule has 0 spiro atoms. The van der Waals surface area contributed by atoms with Crippen molar-refractivity contribution in [3.05, 3.63) is 0 Å². The van der Waals surface area contributed by atoms with E-state index in [9.17, 15) is 9.59 Å². The molecule has 1 saturated heterocycles. The molecule has 0 aromatic heterocycles. The number of hydrogen-bond acceptors (Lipinski definition) is 3. The Labute approximate surface area is 120 Å². The van der Waals surface area contributed by atoms with E-state index < -0.39 is 11.5 Å². The van der Waals surface area contributed by atoms with Gasteiger partial charge in [0, 0.05) is 0 Å². The van der Waals surface area contributed by atoms with Crippen LogP contribution >= 0.6 is 0 Å². The van der Waals surface area contributed by atoms with E-state index in [0.717, 1.165) is 58.0 Å². The molecule has 114 valence electrons. The fourth-order valence-corrected chi connectivity index (χ4v) is 3.71. The Morgan fingerprint density at radius 2 is 1.75 bits per heavy atom. The number of hydrogen-bond donors (Lipinski definition) is 3. The lowest BCUT2D eigenvalue weighted by molar-refractivity contribution is -0.140. The summed E-state index contributed by atoms with van der Waals surface area (Å²) < 4.78 is 0. The first-order chi connectivity index (χ1) is 9.52. The highest BCUT2D eigenvalue weighted by molar-refractivity contribution is 5.84. The van der Waals surface area contributed by atoms with Crippen LogP contribution < -0.4 is 10.6 Å². The van der Waals surface area contributed by atoms with E-state index >= 15 is 0 Å². The van der Waals surface area contributed by atoms with Gasteiger partial charge in [0.25, 0.3) is 0 Å². The van der Waals surface area contributed by atoms with E-state index in [2.05, 4.69) is 17.6 Å². The van der Waals surface area contributed by atoms with Crippen LogP contribution in [0.5, 0.6) is 0 Å². The van der Waals surface area contributed by atoms with Crippen molar-refractivity contribution in [2.45, 2.75) is 63.8 Å². The van der Waals surface area contributed by atoms with Crippen LogP contribution in [0.4, 0.5) is 0 Å². The minimum Gasteiger partial charge on any atom is -0.481 e. The van der Waals surface area contributed by atoms with Crippen LogP contribution in [0.2, 0.25) is 0 Å². The van der Waals surface area contributed by atoms with Gasteiger partial charge in [-0.2, -0.15) is 0 Å². The highest BCUT2D eigenvalue weighted by Crippen LogP contribution is 2.37. The van der Waals surface area contributed by atoms with Crippen molar-refractivity contribution in [1.82, 2.24) is 10.6 Å². The lowest BCUT2D eigenvalue weighted by Crippen LogP contribution is -2.55. The maximum Gasteiger partial charge on any atom is 0.305 e. The van der Waals surface area contributed by atoms with Gasteiger partial charge >= 0.3 is 5.97 Å². The standard InChI is InChI=1S/C15H26N2O3/c1-2-14(7-9-16-10-8-14)13(20)17-15(11-12(18)19)5-3-4-6-15/h16H,2-11H2,1H3,(H,17,20)(H,18,19). The molecule has 0 bridgehead atoms. The normalized spacial score (nSPS) is 24.2. The summed E-state index contributed by atoms with van der Waals surface area (Å²) in [6, 6.07) is 0. The third-order valence-electron chi connectivity index (χ3n) is 5.15. The van der Waals surface area contributed by atoms with Crippen molar-refractivity contribution in [2.75, 3.05) is 13.1 Å². The zero-order valence-electron chi connectivity index (χ0n) is 12.3. The molecule has 5 heteroatoms. The number of aliphatic carboxylic acids is 1. The third-order valence-corrected chi connectivity index (χ3v) is 5.15. The zero-order chi connectivity index (χ0) is 14.6. The Morgan fingerprint density at radius 3 is 2.25 bits per heavy atom. The molecule has 0 atom stereocenters. The molecule has 1 aliphatic heterocycles. The second-order valence-electron chi connectivity index (χ2n) is 6.40. The predicted octanol–water partition coefficient (Wildman–Crippen LogP) is 1.67. The average Bonchev–Trinajstić information content (AvgIpc) is 2.86. The molecule has 0 unspecified atom stereocenters. The molecule has 0 aromatic rings. The molecule has 0 radical (unpaired) electrons. The van der Waals surface area contributed by atoms with E-state index in [1.54, 1.807) is 0 Å². The second-order valence-corrected chi connectivity index (χ2v) is 6.40. The second kappa shape index (κ2) is 6.12. The first kappa shape index (κ1) is 15.3. The van der Waals surface area contributed by atoms with E-state index in [-0.39, 0.29) is 17.7 Å². The van der Waals surface area contributed by atoms with Gasteiger partial charge in [-0.25, -0.2) is 0 Å². The molecular weight excluding hydrogens is 256 g/mol. The van der Waals surface area contributed by atoms with Gasteiger partial charge in [-0.15, -0.1) is 0 Å². The van der Waals surface area contributed by atoms with Crippen molar-refractivity contribution < 1.29 is 14.7 Å². The summed E-state index contributed by atoms with van der Waals surface area (Å²) >= 11 is 0. The molecule has 1 amide bonds. The number of carbonyl (C=O) groups is 2. The lowest BCUT2D eigenvalue weighted by Gasteiger charge is -2.39. The summed E-state index contributed by atoms with van der Waals surface area (Å²) in [4.78, 5) is 23.9. The summed E-state index contributed by atoms with van der Waals surface area (Å²) in [5, 5.41) is 15.6. The molecule has 1 saturated carbocycles. The molecule has 1 aliphatic carbocycles. The molecule has 20 heavy (non-hydrogen) atoms. The van der Waals surface area contributed by atoms with Crippen molar-refractivity contribution in [1.29, 1.82) is 0 Å². The van der Waals surface area contributed by atoms with E-state index in [0.29, 0.717) is 0 Å². The molecule has 5 nitrogen and oxygen atoms in total. The number of carboxylic acids is 1. The van der Waals surface area contributed by atoms with Crippen LogP contribution in [0, 0.1) is 5.41 Å². The number of amides is 1. The molecule has 0 aromatic carbocycles. The molecule has 2 aliphatic rings. The summed E-state index contributed by atoms with van der Waals surface area (Å²) in [5.74, 6) is -0.743. The Balaban J connectivity index is 2.09. The smallest absolute Gasteiger partial charge is 0.305 e. The summed E-state index contributed by atoms with van der Waals surface area (Å²) in [6.45, 7) is 3.80. The van der Waals surface area contributed by atoms with Crippen molar-refractivity contribution >= 4 is 11.9 Å². The third kappa shape index (κ3) is 3.14. The first-order valence-corrected chi connectivity index (χ1v) is 7.77. The summed E-state index contributed by atoms with van der Waals surface area (Å²) in [7, 11) is 0. The fourth-order valence-electron chi connectivity index (χ4n) is 3.71. The van der Waals surface area contributed by atoms with Gasteiger partial charge in [0.2, 0.25) is 5.91 Å². The Hall–Kier alpha value is -1.10. The monoisotopic (exact) mass is 282 g/mol. The van der Waals surface area contributed by atoms with Gasteiger partial charge in [0.1, 0.15) is 0 Å². The van der Waals surface area contributed by atoms with Gasteiger partial charge in [0.05, 0.1) is 17.4 Å². The topological polar surface area (TPSA) is 78.4 Å². The summed E-state index contributed by atoms with van der Waals surface area (Å²) in [5.41, 5.74) is -0.810. The lowest BCUT2D eigenvalue weighted by atomic mass is 9.75. The maximum absolute atomic E-state index is 12.8. The quantitative estimate of drug-likeness (QED) is 0.717. The first-order valence-electron chi connectivity index (χ1n) is 7.77. The van der Waals surface area contributed by atoms with E-state index in [4.69, 9.17) is 5.11 Å². The van der Waals surface area contributed by atoms with Crippen LogP contribution in [0.15, 0.2) is 0 Å². The van der Waals surface area contributed by atoms with Gasteiger partial charge in [0.15, 0.2) is 0 Å². The minimum absolute atomic E-state index is 0.0524. The van der Waals surface area contributed by atoms with Gasteiger partial charge in [-0.05, 0) is 45.2 Å². The molecule has 3 N–H and O–H groups in total. The number of rotatable bonds is 5. The predicted molar refractivity (Wildman–Crippen MR) is 76.4 cm³/mol. The van der Waals surface area contributed by atoms with Crippen LogP contribution in [0.3, 0.4) is 0 Å². The van der Waals surface area contributed by atoms with Crippen molar-refractivity contribution in [2.24, 2.45) is 5.41 Å².